The second kappa shape index (κ2) is 7.88. The van der Waals surface area contributed by atoms with Crippen LogP contribution < -0.4 is 10.1 Å². The monoisotopic (exact) mass is 441 g/mol. The van der Waals surface area contributed by atoms with Crippen LogP contribution in [0.4, 0.5) is 0 Å². The van der Waals surface area contributed by atoms with Gasteiger partial charge >= 0.3 is 0 Å². The second-order valence-electron chi connectivity index (χ2n) is 4.42. The number of hydrogen-bond donors (Lipinski definition) is 1. The second-order valence-corrected chi connectivity index (χ2v) is 7.04. The predicted molar refractivity (Wildman–Crippen MR) is 87.3 cm³/mol. The van der Waals surface area contributed by atoms with Crippen LogP contribution in [-0.2, 0) is 0 Å². The van der Waals surface area contributed by atoms with E-state index >= 15 is 0 Å². The zero-order valence-corrected chi connectivity index (χ0v) is 15.5. The van der Waals surface area contributed by atoms with E-state index in [1.807, 2.05) is 12.1 Å². The maximum atomic E-state index is 5.92. The summed E-state index contributed by atoms with van der Waals surface area (Å²) in [5.74, 6) is 1.39. The van der Waals surface area contributed by atoms with Gasteiger partial charge in [0.25, 0.3) is 0 Å². The van der Waals surface area contributed by atoms with E-state index in [9.17, 15) is 0 Å². The molecule has 0 amide bonds. The quantitative estimate of drug-likeness (QED) is 0.669. The summed E-state index contributed by atoms with van der Waals surface area (Å²) in [6, 6.07) is 4.33. The van der Waals surface area contributed by atoms with E-state index < -0.39 is 0 Å². The lowest BCUT2D eigenvalue weighted by molar-refractivity contribution is 0.230. The fourth-order valence-corrected chi connectivity index (χ4v) is 4.08. The van der Waals surface area contributed by atoms with Crippen molar-refractivity contribution in [1.82, 2.24) is 5.32 Å². The molecule has 1 unspecified atom stereocenters. The van der Waals surface area contributed by atoms with Crippen LogP contribution in [0, 0.1) is 5.92 Å². The molecule has 0 aliphatic carbocycles. The fraction of sp³-hybridized carbons (Fsp3) is 0.538. The molecular weight excluding hydrogens is 426 g/mol. The molecule has 0 fully saturated rings. The lowest BCUT2D eigenvalue weighted by Gasteiger charge is -2.22. The average molecular weight is 444 g/mol. The first-order valence-electron chi connectivity index (χ1n) is 5.96. The number of benzene rings is 1. The predicted octanol–water partition coefficient (Wildman–Crippen LogP) is 4.99. The van der Waals surface area contributed by atoms with Crippen molar-refractivity contribution in [3.63, 3.8) is 0 Å². The van der Waals surface area contributed by atoms with Gasteiger partial charge in [-0.2, -0.15) is 0 Å². The third-order valence-electron chi connectivity index (χ3n) is 2.64. The highest BCUT2D eigenvalue weighted by molar-refractivity contribution is 9.11. The van der Waals surface area contributed by atoms with E-state index in [0.717, 1.165) is 25.7 Å². The minimum absolute atomic E-state index is 0.359. The maximum Gasteiger partial charge on any atom is 0.147 e. The normalized spacial score (nSPS) is 12.8. The summed E-state index contributed by atoms with van der Waals surface area (Å²) in [5, 5.41) is 3.44. The number of hydrogen-bond acceptors (Lipinski definition) is 2. The molecule has 0 aromatic heterocycles. The molecule has 1 N–H and O–H groups in total. The molecule has 0 aliphatic heterocycles. The first-order chi connectivity index (χ1) is 8.45. The van der Waals surface area contributed by atoms with Gasteiger partial charge in [-0.1, -0.05) is 36.7 Å². The lowest BCUT2D eigenvalue weighted by atomic mass is 10.1. The minimum Gasteiger partial charge on any atom is -0.490 e. The first kappa shape index (κ1) is 16.5. The van der Waals surface area contributed by atoms with Crippen LogP contribution in [0.25, 0.3) is 0 Å². The van der Waals surface area contributed by atoms with Crippen LogP contribution in [-0.4, -0.2) is 19.2 Å². The van der Waals surface area contributed by atoms with Crippen molar-refractivity contribution in [2.75, 3.05) is 13.2 Å². The third-order valence-corrected chi connectivity index (χ3v) is 4.28. The van der Waals surface area contributed by atoms with Crippen molar-refractivity contribution in [3.05, 3.63) is 25.6 Å². The molecule has 18 heavy (non-hydrogen) atoms. The van der Waals surface area contributed by atoms with E-state index in [0.29, 0.717) is 18.6 Å². The van der Waals surface area contributed by atoms with Crippen LogP contribution in [0.2, 0.25) is 0 Å². The minimum atomic E-state index is 0.359. The zero-order chi connectivity index (χ0) is 13.7. The van der Waals surface area contributed by atoms with Crippen molar-refractivity contribution in [1.29, 1.82) is 0 Å². The van der Waals surface area contributed by atoms with E-state index in [4.69, 9.17) is 4.74 Å². The molecule has 0 spiro atoms. The number of rotatable bonds is 6. The molecule has 0 radical (unpaired) electrons. The smallest absolute Gasteiger partial charge is 0.147 e. The van der Waals surface area contributed by atoms with Crippen LogP contribution in [0.1, 0.15) is 20.8 Å². The summed E-state index contributed by atoms with van der Waals surface area (Å²) in [6.07, 6.45) is 0. The topological polar surface area (TPSA) is 21.3 Å². The summed E-state index contributed by atoms with van der Waals surface area (Å²) < 4.78 is 8.83. The highest BCUT2D eigenvalue weighted by atomic mass is 79.9. The third kappa shape index (κ3) is 4.83. The van der Waals surface area contributed by atoms with Crippen molar-refractivity contribution in [3.8, 4) is 5.75 Å². The lowest BCUT2D eigenvalue weighted by Crippen LogP contribution is -2.38. The Morgan fingerprint density at radius 2 is 1.72 bits per heavy atom. The molecule has 1 rings (SSSR count). The largest absolute Gasteiger partial charge is 0.490 e. The molecule has 0 saturated heterocycles. The Morgan fingerprint density at radius 3 is 2.17 bits per heavy atom. The average Bonchev–Trinajstić information content (AvgIpc) is 2.25. The number of halogens is 3. The summed E-state index contributed by atoms with van der Waals surface area (Å²) in [4.78, 5) is 0. The van der Waals surface area contributed by atoms with Gasteiger partial charge in [-0.25, -0.2) is 0 Å². The Morgan fingerprint density at radius 1 is 1.17 bits per heavy atom. The number of likely N-dealkylation sites (N-methyl/N-ethyl adjacent to an activating group) is 1. The van der Waals surface area contributed by atoms with Crippen molar-refractivity contribution < 1.29 is 4.74 Å². The van der Waals surface area contributed by atoms with E-state index in [-0.39, 0.29) is 0 Å². The summed E-state index contributed by atoms with van der Waals surface area (Å²) in [6.45, 7) is 8.12. The van der Waals surface area contributed by atoms with Gasteiger partial charge in [0.2, 0.25) is 0 Å². The zero-order valence-electron chi connectivity index (χ0n) is 10.8. The Hall–Kier alpha value is 0.420. The van der Waals surface area contributed by atoms with E-state index in [1.165, 1.54) is 0 Å². The molecule has 0 saturated carbocycles. The molecule has 0 bridgehead atoms. The molecule has 2 nitrogen and oxygen atoms in total. The van der Waals surface area contributed by atoms with Crippen LogP contribution in [0.15, 0.2) is 25.6 Å². The Bertz CT molecular complexity index is 373. The summed E-state index contributed by atoms with van der Waals surface area (Å²) >= 11 is 10.5. The molecule has 102 valence electrons. The molecular formula is C13H18Br3NO. The van der Waals surface area contributed by atoms with Crippen LogP contribution >= 0.6 is 47.8 Å². The maximum absolute atomic E-state index is 5.92. The first-order valence-corrected chi connectivity index (χ1v) is 8.34. The van der Waals surface area contributed by atoms with E-state index in [2.05, 4.69) is 73.9 Å². The van der Waals surface area contributed by atoms with Gasteiger partial charge in [-0.05, 0) is 56.5 Å². The highest BCUT2D eigenvalue weighted by Gasteiger charge is 2.15. The molecule has 1 aromatic rings. The van der Waals surface area contributed by atoms with Gasteiger partial charge in [0.05, 0.1) is 8.95 Å². The van der Waals surface area contributed by atoms with Gasteiger partial charge in [0, 0.05) is 10.5 Å². The van der Waals surface area contributed by atoms with Gasteiger partial charge in [-0.15, -0.1) is 0 Å². The van der Waals surface area contributed by atoms with Gasteiger partial charge in [0.1, 0.15) is 12.4 Å². The standard InChI is InChI=1S/C13H18Br3NO/c1-4-17-12(8(2)3)7-18-13-10(15)5-9(14)6-11(13)16/h5-6,8,12,17H,4,7H2,1-3H3. The Kier molecular flexibility index (Phi) is 7.21. The van der Waals surface area contributed by atoms with E-state index in [1.54, 1.807) is 0 Å². The van der Waals surface area contributed by atoms with Crippen molar-refractivity contribution in [2.45, 2.75) is 26.8 Å². The van der Waals surface area contributed by atoms with Crippen molar-refractivity contribution in [2.24, 2.45) is 5.92 Å². The van der Waals surface area contributed by atoms with Crippen LogP contribution in [0.5, 0.6) is 5.75 Å². The SMILES string of the molecule is CCNC(COc1c(Br)cc(Br)cc1Br)C(C)C. The number of nitrogens with one attached hydrogen (secondary N) is 1. The fourth-order valence-electron chi connectivity index (χ4n) is 1.59. The Balaban J connectivity index is 2.73. The molecule has 0 heterocycles. The molecule has 0 aliphatic rings. The molecule has 5 heteroatoms. The molecule has 1 aromatic carbocycles. The number of ether oxygens (including phenoxy) is 1. The summed E-state index contributed by atoms with van der Waals surface area (Å²) in [5.41, 5.74) is 0. The molecule has 1 atom stereocenters. The summed E-state index contributed by atoms with van der Waals surface area (Å²) in [7, 11) is 0. The van der Waals surface area contributed by atoms with Gasteiger partial charge in [-0.3, -0.25) is 0 Å². The van der Waals surface area contributed by atoms with Crippen LogP contribution in [0.3, 0.4) is 0 Å². The Labute approximate surface area is 134 Å². The van der Waals surface area contributed by atoms with Gasteiger partial charge in [0.15, 0.2) is 0 Å². The van der Waals surface area contributed by atoms with Gasteiger partial charge < -0.3 is 10.1 Å². The van der Waals surface area contributed by atoms with Crippen molar-refractivity contribution >= 4 is 47.8 Å². The highest BCUT2D eigenvalue weighted by Crippen LogP contribution is 2.36.